The molecule has 5 aliphatic rings. The van der Waals surface area contributed by atoms with Crippen LogP contribution in [0.2, 0.25) is 0 Å². The number of amides is 3. The first kappa shape index (κ1) is 18.1. The maximum atomic E-state index is 13.4. The fourth-order valence-corrected chi connectivity index (χ4v) is 6.27. The number of hydrogen-bond acceptors (Lipinski definition) is 2. The Labute approximate surface area is 157 Å². The van der Waals surface area contributed by atoms with Gasteiger partial charge in [0.1, 0.15) is 0 Å². The molecule has 0 atom stereocenters. The van der Waals surface area contributed by atoms with E-state index in [1.165, 1.54) is 19.3 Å². The third-order valence-corrected chi connectivity index (χ3v) is 7.12. The number of carbonyl (C=O) groups excluding carboxylic acids is 2. The number of hydrogen-bond donors (Lipinski definition) is 1. The molecule has 0 aromatic heterocycles. The first-order valence-electron chi connectivity index (χ1n) is 10.6. The van der Waals surface area contributed by atoms with E-state index in [1.807, 2.05) is 4.90 Å². The van der Waals surface area contributed by atoms with Crippen LogP contribution in [0.3, 0.4) is 0 Å². The van der Waals surface area contributed by atoms with Crippen molar-refractivity contribution in [1.82, 2.24) is 15.1 Å². The van der Waals surface area contributed by atoms with E-state index in [4.69, 9.17) is 0 Å². The highest BCUT2D eigenvalue weighted by molar-refractivity contribution is 5.84. The quantitative estimate of drug-likeness (QED) is 0.822. The Balaban J connectivity index is 1.32. The minimum Gasteiger partial charge on any atom is -0.339 e. The van der Waals surface area contributed by atoms with Crippen molar-refractivity contribution in [1.29, 1.82) is 0 Å². The van der Waals surface area contributed by atoms with Gasteiger partial charge in [0.25, 0.3) is 0 Å². The van der Waals surface area contributed by atoms with Crippen molar-refractivity contribution in [2.75, 3.05) is 32.7 Å². The van der Waals surface area contributed by atoms with E-state index in [-0.39, 0.29) is 16.9 Å². The van der Waals surface area contributed by atoms with Crippen molar-refractivity contribution in [3.63, 3.8) is 0 Å². The van der Waals surface area contributed by atoms with Crippen LogP contribution in [0, 0.1) is 28.6 Å². The number of piperazine rings is 1. The molecule has 5 fully saturated rings. The second-order valence-corrected chi connectivity index (χ2v) is 10.7. The summed E-state index contributed by atoms with van der Waals surface area (Å²) < 4.78 is 0. The first-order valence-corrected chi connectivity index (χ1v) is 10.6. The molecule has 1 N–H and O–H groups in total. The molecule has 0 aromatic rings. The molecule has 1 aliphatic heterocycles. The van der Waals surface area contributed by atoms with Gasteiger partial charge in [0.2, 0.25) is 5.91 Å². The van der Waals surface area contributed by atoms with E-state index in [9.17, 15) is 9.59 Å². The van der Waals surface area contributed by atoms with E-state index in [0.29, 0.717) is 38.6 Å². The minimum atomic E-state index is -0.0502. The summed E-state index contributed by atoms with van der Waals surface area (Å²) in [6.07, 6.45) is 7.50. The highest BCUT2D eigenvalue weighted by Gasteiger charge is 2.55. The van der Waals surface area contributed by atoms with Crippen LogP contribution in [-0.4, -0.2) is 54.5 Å². The van der Waals surface area contributed by atoms with Crippen molar-refractivity contribution in [3.05, 3.63) is 0 Å². The van der Waals surface area contributed by atoms with Gasteiger partial charge < -0.3 is 15.1 Å². The van der Waals surface area contributed by atoms with Gasteiger partial charge in [-0.1, -0.05) is 20.8 Å². The molecule has 4 saturated carbocycles. The van der Waals surface area contributed by atoms with Crippen LogP contribution in [0.1, 0.15) is 59.3 Å². The lowest BCUT2D eigenvalue weighted by Gasteiger charge is -2.57. The van der Waals surface area contributed by atoms with Crippen molar-refractivity contribution < 1.29 is 9.59 Å². The summed E-state index contributed by atoms with van der Waals surface area (Å²) >= 11 is 0. The fourth-order valence-electron chi connectivity index (χ4n) is 6.27. The smallest absolute Gasteiger partial charge is 0.317 e. The third-order valence-electron chi connectivity index (χ3n) is 7.12. The second kappa shape index (κ2) is 6.42. The summed E-state index contributed by atoms with van der Waals surface area (Å²) in [6.45, 7) is 9.76. The average molecular weight is 362 g/mol. The van der Waals surface area contributed by atoms with Crippen molar-refractivity contribution >= 4 is 11.9 Å². The van der Waals surface area contributed by atoms with Crippen LogP contribution < -0.4 is 5.32 Å². The third kappa shape index (κ3) is 3.46. The highest BCUT2D eigenvalue weighted by atomic mass is 16.2. The molecular formula is C21H35N3O2. The molecule has 0 radical (unpaired) electrons. The Bertz CT molecular complexity index is 537. The van der Waals surface area contributed by atoms with Crippen LogP contribution in [-0.2, 0) is 4.79 Å². The Morgan fingerprint density at radius 3 is 1.81 bits per heavy atom. The van der Waals surface area contributed by atoms with E-state index in [1.54, 1.807) is 0 Å². The lowest BCUT2D eigenvalue weighted by Crippen LogP contribution is -2.59. The van der Waals surface area contributed by atoms with Crippen molar-refractivity contribution in [3.8, 4) is 0 Å². The predicted molar refractivity (Wildman–Crippen MR) is 102 cm³/mol. The first-order chi connectivity index (χ1) is 12.2. The lowest BCUT2D eigenvalue weighted by atomic mass is 9.49. The molecule has 146 valence electrons. The molecule has 1 saturated heterocycles. The van der Waals surface area contributed by atoms with E-state index in [0.717, 1.165) is 37.0 Å². The Kier molecular flexibility index (Phi) is 4.47. The van der Waals surface area contributed by atoms with Gasteiger partial charge in [-0.25, -0.2) is 4.79 Å². The van der Waals surface area contributed by atoms with Gasteiger partial charge in [0, 0.05) is 32.7 Å². The highest BCUT2D eigenvalue weighted by Crippen LogP contribution is 2.60. The molecule has 4 aliphatic carbocycles. The van der Waals surface area contributed by atoms with Gasteiger partial charge in [0.05, 0.1) is 5.41 Å². The Hall–Kier alpha value is -1.26. The number of urea groups is 1. The van der Waals surface area contributed by atoms with Crippen LogP contribution in [0.5, 0.6) is 0 Å². The Morgan fingerprint density at radius 1 is 0.885 bits per heavy atom. The molecule has 4 bridgehead atoms. The molecular weight excluding hydrogens is 326 g/mol. The van der Waals surface area contributed by atoms with Crippen LogP contribution in [0.25, 0.3) is 0 Å². The Morgan fingerprint density at radius 2 is 1.35 bits per heavy atom. The lowest BCUT2D eigenvalue weighted by molar-refractivity contribution is -0.159. The summed E-state index contributed by atoms with van der Waals surface area (Å²) in [5.74, 6) is 2.81. The van der Waals surface area contributed by atoms with E-state index < -0.39 is 0 Å². The zero-order valence-corrected chi connectivity index (χ0v) is 16.7. The summed E-state index contributed by atoms with van der Waals surface area (Å²) in [5, 5.41) is 3.03. The van der Waals surface area contributed by atoms with E-state index in [2.05, 4.69) is 31.0 Å². The summed E-state index contributed by atoms with van der Waals surface area (Å²) in [7, 11) is 0. The molecule has 5 rings (SSSR count). The fraction of sp³-hybridized carbons (Fsp3) is 0.905. The van der Waals surface area contributed by atoms with Gasteiger partial charge in [-0.15, -0.1) is 0 Å². The van der Waals surface area contributed by atoms with Gasteiger partial charge in [-0.3, -0.25) is 4.79 Å². The van der Waals surface area contributed by atoms with Crippen LogP contribution in [0.15, 0.2) is 0 Å². The normalized spacial score (nSPS) is 36.3. The summed E-state index contributed by atoms with van der Waals surface area (Å²) in [5.41, 5.74) is 0.0391. The molecule has 0 spiro atoms. The molecule has 1 heterocycles. The standard InChI is InChI=1S/C21H35N3O2/c1-20(2,3)14-22-19(26)24-6-4-23(5-7-24)18(25)21-11-15-8-16(12-21)10-17(9-15)13-21/h15-17H,4-14H2,1-3H3,(H,22,26). The summed E-state index contributed by atoms with van der Waals surface area (Å²) in [4.78, 5) is 29.7. The number of carbonyl (C=O) groups is 2. The van der Waals surface area contributed by atoms with Gasteiger partial charge in [-0.2, -0.15) is 0 Å². The number of rotatable bonds is 2. The molecule has 5 nitrogen and oxygen atoms in total. The topological polar surface area (TPSA) is 52.7 Å². The van der Waals surface area contributed by atoms with Crippen LogP contribution >= 0.6 is 0 Å². The van der Waals surface area contributed by atoms with Gasteiger partial charge in [0.15, 0.2) is 0 Å². The van der Waals surface area contributed by atoms with Crippen molar-refractivity contribution in [2.45, 2.75) is 59.3 Å². The molecule has 0 aromatic carbocycles. The maximum absolute atomic E-state index is 13.4. The molecule has 5 heteroatoms. The average Bonchev–Trinajstić information content (AvgIpc) is 2.57. The number of nitrogens with one attached hydrogen (secondary N) is 1. The van der Waals surface area contributed by atoms with Gasteiger partial charge in [-0.05, 0) is 61.7 Å². The second-order valence-electron chi connectivity index (χ2n) is 10.7. The zero-order valence-electron chi connectivity index (χ0n) is 16.7. The molecule has 26 heavy (non-hydrogen) atoms. The zero-order chi connectivity index (χ0) is 18.5. The number of nitrogens with zero attached hydrogens (tertiary/aromatic N) is 2. The maximum Gasteiger partial charge on any atom is 0.317 e. The van der Waals surface area contributed by atoms with E-state index >= 15 is 0 Å². The van der Waals surface area contributed by atoms with Crippen LogP contribution in [0.4, 0.5) is 4.79 Å². The molecule has 3 amide bonds. The molecule has 0 unspecified atom stereocenters. The predicted octanol–water partition coefficient (Wildman–Crippen LogP) is 3.10. The monoisotopic (exact) mass is 361 g/mol. The van der Waals surface area contributed by atoms with Crippen molar-refractivity contribution in [2.24, 2.45) is 28.6 Å². The largest absolute Gasteiger partial charge is 0.339 e. The minimum absolute atomic E-state index is 0.0156. The summed E-state index contributed by atoms with van der Waals surface area (Å²) in [6, 6.07) is 0.0156. The van der Waals surface area contributed by atoms with Gasteiger partial charge >= 0.3 is 6.03 Å². The SMILES string of the molecule is CC(C)(C)CNC(=O)N1CCN(C(=O)C23CC4CC(CC(C4)C2)C3)CC1.